The second-order valence-corrected chi connectivity index (χ2v) is 3.98. The van der Waals surface area contributed by atoms with Crippen molar-refractivity contribution in [2.45, 2.75) is 6.61 Å². The van der Waals surface area contributed by atoms with Gasteiger partial charge < -0.3 is 10.5 Å². The second kappa shape index (κ2) is 7.73. The summed E-state index contributed by atoms with van der Waals surface area (Å²) < 4.78 is 42.3. The topological polar surface area (TPSA) is 91.7 Å². The zero-order chi connectivity index (χ0) is 16.7. The fraction of sp³-hybridized carbons (Fsp3) is 0.0769. The highest BCUT2D eigenvalue weighted by Gasteiger charge is 2.11. The lowest BCUT2D eigenvalue weighted by Gasteiger charge is -2.07. The van der Waals surface area contributed by atoms with Gasteiger partial charge in [0.05, 0.1) is 18.1 Å². The Morgan fingerprint density at radius 2 is 2.00 bits per heavy atom. The van der Waals surface area contributed by atoms with Crippen molar-refractivity contribution < 1.29 is 17.9 Å². The van der Waals surface area contributed by atoms with Crippen LogP contribution in [0.25, 0.3) is 5.69 Å². The molecule has 0 radical (unpaired) electrons. The maximum absolute atomic E-state index is 13.1. The van der Waals surface area contributed by atoms with Gasteiger partial charge in [0.15, 0.2) is 11.6 Å². The number of benzene rings is 1. The Kier molecular flexibility index (Phi) is 5.45. The Balaban J connectivity index is 0.000000229. The van der Waals surface area contributed by atoms with Crippen LogP contribution in [0.5, 0.6) is 5.75 Å². The predicted octanol–water partition coefficient (Wildman–Crippen LogP) is 2.07. The Bertz CT molecular complexity index is 724. The van der Waals surface area contributed by atoms with Crippen LogP contribution < -0.4 is 10.5 Å². The fourth-order valence-electron chi connectivity index (χ4n) is 1.47. The third-order valence-electron chi connectivity index (χ3n) is 2.42. The highest BCUT2D eigenvalue weighted by Crippen LogP contribution is 2.22. The quantitative estimate of drug-likeness (QED) is 0.793. The summed E-state index contributed by atoms with van der Waals surface area (Å²) in [5.41, 5.74) is 5.59. The third-order valence-corrected chi connectivity index (χ3v) is 2.42. The molecule has 0 saturated carbocycles. The summed E-state index contributed by atoms with van der Waals surface area (Å²) in [7, 11) is 0. The molecule has 0 bridgehead atoms. The molecule has 3 aromatic rings. The van der Waals surface area contributed by atoms with E-state index in [0.717, 1.165) is 12.1 Å². The number of ether oxygens (including phenoxy) is 1. The van der Waals surface area contributed by atoms with Crippen molar-refractivity contribution in [3.8, 4) is 11.4 Å². The third kappa shape index (κ3) is 4.95. The molecule has 1 aromatic carbocycles. The number of aromatic nitrogens is 5. The maximum atomic E-state index is 13.1. The van der Waals surface area contributed by atoms with Crippen LogP contribution in [-0.2, 0) is 0 Å². The van der Waals surface area contributed by atoms with E-state index in [1.54, 1.807) is 12.3 Å². The van der Waals surface area contributed by atoms with Crippen molar-refractivity contribution in [1.82, 2.24) is 25.0 Å². The van der Waals surface area contributed by atoms with Gasteiger partial charge in [0.1, 0.15) is 12.1 Å². The Labute approximate surface area is 128 Å². The van der Waals surface area contributed by atoms with E-state index in [2.05, 4.69) is 25.0 Å². The van der Waals surface area contributed by atoms with Crippen LogP contribution >= 0.6 is 0 Å². The van der Waals surface area contributed by atoms with Crippen LogP contribution in [0.4, 0.5) is 19.0 Å². The molecule has 0 amide bonds. The van der Waals surface area contributed by atoms with Gasteiger partial charge in [0.2, 0.25) is 0 Å². The van der Waals surface area contributed by atoms with Crippen LogP contribution in [0.15, 0.2) is 49.2 Å². The number of halogens is 3. The molecule has 120 valence electrons. The standard InChI is InChI=1S/C9H6F3N3O.C4H5N3/c10-7-2-1-6(15-4-3-13-14-15)5-8(7)16-9(11)12;5-4-1-2-6-3-7-4/h1-5,9H;1-3H,(H2,5,6,7). The zero-order valence-electron chi connectivity index (χ0n) is 11.6. The molecule has 3 rings (SSSR count). The van der Waals surface area contributed by atoms with Crippen molar-refractivity contribution in [2.24, 2.45) is 0 Å². The summed E-state index contributed by atoms with van der Waals surface area (Å²) in [6.45, 7) is -3.07. The molecule has 0 aliphatic rings. The second-order valence-electron chi connectivity index (χ2n) is 3.98. The van der Waals surface area contributed by atoms with Crippen molar-refractivity contribution in [3.05, 3.63) is 55.0 Å². The minimum atomic E-state index is -3.07. The smallest absolute Gasteiger partial charge is 0.387 e. The number of hydrogen-bond acceptors (Lipinski definition) is 6. The maximum Gasteiger partial charge on any atom is 0.387 e. The number of nitrogens with zero attached hydrogens (tertiary/aromatic N) is 5. The summed E-state index contributed by atoms with van der Waals surface area (Å²) in [6, 6.07) is 5.16. The summed E-state index contributed by atoms with van der Waals surface area (Å²) in [6.07, 6.45) is 5.92. The summed E-state index contributed by atoms with van der Waals surface area (Å²) in [4.78, 5) is 7.30. The first-order chi connectivity index (χ1) is 11.1. The van der Waals surface area contributed by atoms with Gasteiger partial charge in [-0.2, -0.15) is 8.78 Å². The van der Waals surface area contributed by atoms with Crippen LogP contribution in [-0.4, -0.2) is 31.6 Å². The molecule has 0 aliphatic heterocycles. The Morgan fingerprint density at radius 3 is 2.52 bits per heavy atom. The van der Waals surface area contributed by atoms with Gasteiger partial charge in [-0.15, -0.1) is 5.10 Å². The van der Waals surface area contributed by atoms with Gasteiger partial charge in [0, 0.05) is 12.3 Å². The molecule has 0 unspecified atom stereocenters. The molecule has 7 nitrogen and oxygen atoms in total. The molecule has 23 heavy (non-hydrogen) atoms. The van der Waals surface area contributed by atoms with Gasteiger partial charge in [-0.25, -0.2) is 19.0 Å². The van der Waals surface area contributed by atoms with E-state index in [0.29, 0.717) is 11.5 Å². The SMILES string of the molecule is Fc1ccc(-n2ccnn2)cc1OC(F)F.Nc1ccncn1. The number of nitrogen functional groups attached to an aromatic ring is 1. The molecule has 2 N–H and O–H groups in total. The molecule has 2 aromatic heterocycles. The zero-order valence-corrected chi connectivity index (χ0v) is 11.6. The van der Waals surface area contributed by atoms with E-state index in [1.165, 1.54) is 29.5 Å². The lowest BCUT2D eigenvalue weighted by atomic mass is 10.3. The van der Waals surface area contributed by atoms with Crippen molar-refractivity contribution in [2.75, 3.05) is 5.73 Å². The van der Waals surface area contributed by atoms with Gasteiger partial charge in [-0.3, -0.25) is 0 Å². The highest BCUT2D eigenvalue weighted by molar-refractivity contribution is 5.39. The van der Waals surface area contributed by atoms with Gasteiger partial charge in [0.25, 0.3) is 0 Å². The molecule has 2 heterocycles. The molecule has 10 heteroatoms. The van der Waals surface area contributed by atoms with Crippen molar-refractivity contribution in [1.29, 1.82) is 0 Å². The largest absolute Gasteiger partial charge is 0.432 e. The van der Waals surface area contributed by atoms with Gasteiger partial charge in [-0.1, -0.05) is 5.21 Å². The van der Waals surface area contributed by atoms with E-state index in [1.807, 2.05) is 0 Å². The van der Waals surface area contributed by atoms with Gasteiger partial charge in [-0.05, 0) is 18.2 Å². The average molecular weight is 324 g/mol. The first kappa shape index (κ1) is 16.2. The van der Waals surface area contributed by atoms with Gasteiger partial charge >= 0.3 is 6.61 Å². The minimum absolute atomic E-state index is 0.384. The molecule has 0 fully saturated rings. The monoisotopic (exact) mass is 324 g/mol. The number of anilines is 1. The van der Waals surface area contributed by atoms with Crippen LogP contribution in [0.3, 0.4) is 0 Å². The van der Waals surface area contributed by atoms with E-state index in [9.17, 15) is 13.2 Å². The fourth-order valence-corrected chi connectivity index (χ4v) is 1.47. The highest BCUT2D eigenvalue weighted by atomic mass is 19.3. The number of hydrogen-bond donors (Lipinski definition) is 1. The average Bonchev–Trinajstić information content (AvgIpc) is 3.05. The molecule has 0 spiro atoms. The van der Waals surface area contributed by atoms with E-state index in [-0.39, 0.29) is 0 Å². The molecule has 0 aliphatic carbocycles. The summed E-state index contributed by atoms with van der Waals surface area (Å²) >= 11 is 0. The summed E-state index contributed by atoms with van der Waals surface area (Å²) in [5.74, 6) is -0.873. The lowest BCUT2D eigenvalue weighted by molar-refractivity contribution is -0.0521. The normalized spacial score (nSPS) is 10.1. The minimum Gasteiger partial charge on any atom is -0.432 e. The van der Waals surface area contributed by atoms with Crippen molar-refractivity contribution >= 4 is 5.82 Å². The predicted molar refractivity (Wildman–Crippen MR) is 74.4 cm³/mol. The van der Waals surface area contributed by atoms with Crippen LogP contribution in [0.2, 0.25) is 0 Å². The van der Waals surface area contributed by atoms with E-state index in [4.69, 9.17) is 5.73 Å². The summed E-state index contributed by atoms with van der Waals surface area (Å²) in [5, 5.41) is 7.18. The molecular formula is C13H11F3N6O. The first-order valence-corrected chi connectivity index (χ1v) is 6.19. The van der Waals surface area contributed by atoms with E-state index >= 15 is 0 Å². The van der Waals surface area contributed by atoms with Crippen molar-refractivity contribution in [3.63, 3.8) is 0 Å². The Morgan fingerprint density at radius 1 is 1.17 bits per heavy atom. The number of nitrogens with two attached hydrogens (primary N) is 1. The molecular weight excluding hydrogens is 313 g/mol. The van der Waals surface area contributed by atoms with Crippen LogP contribution in [0.1, 0.15) is 0 Å². The molecule has 0 saturated heterocycles. The Hall–Kier alpha value is -3.17. The van der Waals surface area contributed by atoms with Crippen LogP contribution in [0, 0.1) is 5.82 Å². The number of alkyl halides is 2. The number of rotatable bonds is 3. The lowest BCUT2D eigenvalue weighted by Crippen LogP contribution is -2.05. The first-order valence-electron chi connectivity index (χ1n) is 6.19. The van der Waals surface area contributed by atoms with E-state index < -0.39 is 18.2 Å². The molecule has 0 atom stereocenters.